The van der Waals surface area contributed by atoms with Gasteiger partial charge in [-0.2, -0.15) is 0 Å². The average Bonchev–Trinajstić information content (AvgIpc) is 2.40. The van der Waals surface area contributed by atoms with Crippen molar-refractivity contribution in [1.29, 1.82) is 0 Å². The Morgan fingerprint density at radius 1 is 1.37 bits per heavy atom. The summed E-state index contributed by atoms with van der Waals surface area (Å²) in [6.07, 6.45) is 3.70. The topological polar surface area (TPSA) is 75.1 Å². The fraction of sp³-hybridized carbons (Fsp3) is 0.583. The number of rotatable bonds is 4. The molecule has 1 aliphatic rings. The van der Waals surface area contributed by atoms with Crippen LogP contribution >= 0.6 is 23.2 Å². The largest absolute Gasteiger partial charge is 0.481 e. The maximum absolute atomic E-state index is 11.2. The third-order valence-electron chi connectivity index (χ3n) is 3.50. The van der Waals surface area contributed by atoms with Crippen molar-refractivity contribution in [2.75, 3.05) is 11.9 Å². The Balaban J connectivity index is 2.00. The number of anilines is 1. The van der Waals surface area contributed by atoms with Crippen molar-refractivity contribution in [2.45, 2.75) is 25.7 Å². The molecule has 0 radical (unpaired) electrons. The summed E-state index contributed by atoms with van der Waals surface area (Å²) in [4.78, 5) is 11.2. The summed E-state index contributed by atoms with van der Waals surface area (Å²) >= 11 is 11.7. The van der Waals surface area contributed by atoms with Crippen molar-refractivity contribution < 1.29 is 9.90 Å². The highest BCUT2D eigenvalue weighted by Gasteiger charge is 2.30. The van der Waals surface area contributed by atoms with Crippen LogP contribution in [0.4, 0.5) is 5.69 Å². The molecule has 19 heavy (non-hydrogen) atoms. The number of aliphatic carboxylic acids is 1. The van der Waals surface area contributed by atoms with Gasteiger partial charge in [0.25, 0.3) is 0 Å². The van der Waals surface area contributed by atoms with E-state index in [4.69, 9.17) is 23.2 Å². The molecule has 1 fully saturated rings. The predicted molar refractivity (Wildman–Crippen MR) is 73.6 cm³/mol. The van der Waals surface area contributed by atoms with Crippen LogP contribution in [0.3, 0.4) is 0 Å². The van der Waals surface area contributed by atoms with Crippen LogP contribution < -0.4 is 5.32 Å². The number of nitrogens with zero attached hydrogens (tertiary/aromatic N) is 2. The lowest BCUT2D eigenvalue weighted by Gasteiger charge is -2.28. The zero-order chi connectivity index (χ0) is 13.8. The van der Waals surface area contributed by atoms with Gasteiger partial charge >= 0.3 is 5.97 Å². The van der Waals surface area contributed by atoms with Gasteiger partial charge in [0.1, 0.15) is 0 Å². The Kier molecular flexibility index (Phi) is 4.82. The maximum Gasteiger partial charge on any atom is 0.306 e. The van der Waals surface area contributed by atoms with E-state index < -0.39 is 5.97 Å². The van der Waals surface area contributed by atoms with Crippen LogP contribution in [0.5, 0.6) is 0 Å². The highest BCUT2D eigenvalue weighted by molar-refractivity contribution is 6.33. The van der Waals surface area contributed by atoms with Gasteiger partial charge in [0, 0.05) is 12.6 Å². The first-order valence-electron chi connectivity index (χ1n) is 6.23. The molecule has 0 aliphatic heterocycles. The summed E-state index contributed by atoms with van der Waals surface area (Å²) in [5.41, 5.74) is 0.594. The van der Waals surface area contributed by atoms with E-state index in [1.165, 1.54) is 0 Å². The molecule has 0 aromatic carbocycles. The van der Waals surface area contributed by atoms with Crippen molar-refractivity contribution in [3.63, 3.8) is 0 Å². The molecule has 0 bridgehead atoms. The Bertz CT molecular complexity index is 470. The Hall–Kier alpha value is -1.07. The zero-order valence-electron chi connectivity index (χ0n) is 10.3. The van der Waals surface area contributed by atoms with Crippen LogP contribution in [0.15, 0.2) is 6.07 Å². The van der Waals surface area contributed by atoms with E-state index in [0.717, 1.165) is 25.7 Å². The molecule has 1 aromatic rings. The minimum atomic E-state index is -0.719. The van der Waals surface area contributed by atoms with Crippen molar-refractivity contribution in [3.05, 3.63) is 16.4 Å². The normalized spacial score (nSPS) is 23.1. The molecule has 104 valence electrons. The predicted octanol–water partition coefficient (Wildman–Crippen LogP) is 3.09. The first-order chi connectivity index (χ1) is 9.08. The maximum atomic E-state index is 11.2. The van der Waals surface area contributed by atoms with Crippen LogP contribution in [0.25, 0.3) is 0 Å². The van der Waals surface area contributed by atoms with Gasteiger partial charge in [0.15, 0.2) is 10.3 Å². The number of aromatic nitrogens is 2. The molecule has 1 aromatic heterocycles. The standard InChI is InChI=1S/C12H15Cl2N3O2/c13-10-5-9(11(14)17-16-10)15-6-7-3-1-2-4-8(7)12(18)19/h5,7-8H,1-4,6H2,(H,15,16)(H,18,19). The summed E-state index contributed by atoms with van der Waals surface area (Å²) in [5.74, 6) is -0.900. The van der Waals surface area contributed by atoms with Crippen LogP contribution in [0, 0.1) is 11.8 Å². The molecule has 2 N–H and O–H groups in total. The number of carbonyl (C=O) groups is 1. The van der Waals surface area contributed by atoms with Crippen molar-refractivity contribution >= 4 is 34.9 Å². The number of carboxylic acids is 1. The third kappa shape index (κ3) is 3.70. The summed E-state index contributed by atoms with van der Waals surface area (Å²) < 4.78 is 0. The SMILES string of the molecule is O=C(O)C1CCCCC1CNc1cc(Cl)nnc1Cl. The molecule has 1 heterocycles. The molecule has 0 saturated heterocycles. The molecule has 0 amide bonds. The lowest BCUT2D eigenvalue weighted by molar-refractivity contribution is -0.144. The quantitative estimate of drug-likeness (QED) is 0.894. The van der Waals surface area contributed by atoms with Gasteiger partial charge in [0.05, 0.1) is 11.6 Å². The molecule has 2 unspecified atom stereocenters. The lowest BCUT2D eigenvalue weighted by Crippen LogP contribution is -2.31. The van der Waals surface area contributed by atoms with Crippen LogP contribution in [0.1, 0.15) is 25.7 Å². The second kappa shape index (κ2) is 6.39. The Labute approximate surface area is 121 Å². The number of hydrogen-bond acceptors (Lipinski definition) is 4. The van der Waals surface area contributed by atoms with E-state index >= 15 is 0 Å². The molecule has 7 heteroatoms. The van der Waals surface area contributed by atoms with E-state index in [0.29, 0.717) is 12.2 Å². The van der Waals surface area contributed by atoms with Crippen molar-refractivity contribution in [1.82, 2.24) is 10.2 Å². The van der Waals surface area contributed by atoms with Gasteiger partial charge in [-0.25, -0.2) is 0 Å². The van der Waals surface area contributed by atoms with Crippen LogP contribution in [-0.2, 0) is 4.79 Å². The third-order valence-corrected chi connectivity index (χ3v) is 3.96. The second-order valence-electron chi connectivity index (χ2n) is 4.74. The molecular weight excluding hydrogens is 289 g/mol. The molecular formula is C12H15Cl2N3O2. The van der Waals surface area contributed by atoms with Crippen molar-refractivity contribution in [2.24, 2.45) is 11.8 Å². The zero-order valence-corrected chi connectivity index (χ0v) is 11.8. The minimum Gasteiger partial charge on any atom is -0.481 e. The molecule has 2 atom stereocenters. The number of nitrogens with one attached hydrogen (secondary N) is 1. The summed E-state index contributed by atoms with van der Waals surface area (Å²) in [6.45, 7) is 0.554. The van der Waals surface area contributed by atoms with E-state index in [-0.39, 0.29) is 22.1 Å². The minimum absolute atomic E-state index is 0.106. The monoisotopic (exact) mass is 303 g/mol. The number of hydrogen-bond donors (Lipinski definition) is 2. The molecule has 2 rings (SSSR count). The summed E-state index contributed by atoms with van der Waals surface area (Å²) in [7, 11) is 0. The van der Waals surface area contributed by atoms with E-state index in [2.05, 4.69) is 15.5 Å². The Morgan fingerprint density at radius 3 is 2.84 bits per heavy atom. The van der Waals surface area contributed by atoms with Crippen LogP contribution in [0.2, 0.25) is 10.3 Å². The van der Waals surface area contributed by atoms with Crippen molar-refractivity contribution in [3.8, 4) is 0 Å². The molecule has 1 aliphatic carbocycles. The number of halogens is 2. The first kappa shape index (κ1) is 14.3. The highest BCUT2D eigenvalue weighted by Crippen LogP contribution is 2.31. The summed E-state index contributed by atoms with van der Waals surface area (Å²) in [5, 5.41) is 20.2. The average molecular weight is 304 g/mol. The van der Waals surface area contributed by atoms with Crippen LogP contribution in [-0.4, -0.2) is 27.8 Å². The van der Waals surface area contributed by atoms with E-state index in [1.54, 1.807) is 6.07 Å². The van der Waals surface area contributed by atoms with Gasteiger partial charge in [0.2, 0.25) is 0 Å². The molecule has 0 spiro atoms. The fourth-order valence-electron chi connectivity index (χ4n) is 2.50. The smallest absolute Gasteiger partial charge is 0.306 e. The fourth-order valence-corrected chi connectivity index (χ4v) is 2.80. The van der Waals surface area contributed by atoms with Gasteiger partial charge in [-0.3, -0.25) is 4.79 Å². The first-order valence-corrected chi connectivity index (χ1v) is 6.99. The number of carboxylic acid groups (broad SMARTS) is 1. The van der Waals surface area contributed by atoms with Gasteiger partial charge in [-0.05, 0) is 18.8 Å². The van der Waals surface area contributed by atoms with Gasteiger partial charge in [-0.15, -0.1) is 10.2 Å². The molecule has 5 nitrogen and oxygen atoms in total. The van der Waals surface area contributed by atoms with Gasteiger partial charge in [-0.1, -0.05) is 36.0 Å². The highest BCUT2D eigenvalue weighted by atomic mass is 35.5. The lowest BCUT2D eigenvalue weighted by atomic mass is 9.79. The molecule has 1 saturated carbocycles. The van der Waals surface area contributed by atoms with E-state index in [9.17, 15) is 9.90 Å². The van der Waals surface area contributed by atoms with Gasteiger partial charge < -0.3 is 10.4 Å². The Morgan fingerprint density at radius 2 is 2.11 bits per heavy atom. The summed E-state index contributed by atoms with van der Waals surface area (Å²) in [6, 6.07) is 1.59. The second-order valence-corrected chi connectivity index (χ2v) is 5.49. The van der Waals surface area contributed by atoms with E-state index in [1.807, 2.05) is 0 Å².